The van der Waals surface area contributed by atoms with Crippen LogP contribution in [0.3, 0.4) is 0 Å². The summed E-state index contributed by atoms with van der Waals surface area (Å²) in [6.45, 7) is 3.74. The summed E-state index contributed by atoms with van der Waals surface area (Å²) in [5, 5.41) is 0. The van der Waals surface area contributed by atoms with E-state index in [1.165, 1.54) is 6.07 Å². The molecule has 0 bridgehead atoms. The van der Waals surface area contributed by atoms with Crippen LogP contribution in [0.1, 0.15) is 18.4 Å². The summed E-state index contributed by atoms with van der Waals surface area (Å²) in [6, 6.07) is 3.28. The minimum Gasteiger partial charge on any atom is -0.492 e. The van der Waals surface area contributed by atoms with Crippen LogP contribution in [0.4, 0.5) is 0 Å². The second-order valence-corrected chi connectivity index (χ2v) is 8.30. The normalized spacial score (nSPS) is 17.1. The van der Waals surface area contributed by atoms with Gasteiger partial charge in [-0.05, 0) is 43.4 Å². The van der Waals surface area contributed by atoms with Crippen molar-refractivity contribution < 1.29 is 17.9 Å². The molecule has 20 heavy (non-hydrogen) atoms. The van der Waals surface area contributed by atoms with Crippen LogP contribution in [0.5, 0.6) is 5.75 Å². The molecule has 0 saturated carbocycles. The topological polar surface area (TPSA) is 52.6 Å². The first kappa shape index (κ1) is 16.1. The predicted molar refractivity (Wildman–Crippen MR) is 81.0 cm³/mol. The van der Waals surface area contributed by atoms with Crippen molar-refractivity contribution in [2.75, 3.05) is 19.8 Å². The lowest BCUT2D eigenvalue weighted by Crippen LogP contribution is -2.22. The first-order chi connectivity index (χ1) is 9.38. The van der Waals surface area contributed by atoms with Crippen LogP contribution in [-0.2, 0) is 13.8 Å². The minimum atomic E-state index is -3.84. The van der Waals surface area contributed by atoms with E-state index in [4.69, 9.17) is 20.2 Å². The van der Waals surface area contributed by atoms with E-state index in [2.05, 4.69) is 15.9 Å². The molecule has 0 spiro atoms. The quantitative estimate of drug-likeness (QED) is 0.747. The smallest absolute Gasteiger partial charge is 0.265 e. The van der Waals surface area contributed by atoms with Crippen molar-refractivity contribution in [3.63, 3.8) is 0 Å². The first-order valence-electron chi connectivity index (χ1n) is 6.33. The van der Waals surface area contributed by atoms with Crippen molar-refractivity contribution in [3.05, 3.63) is 22.2 Å². The molecule has 0 atom stereocenters. The van der Waals surface area contributed by atoms with Gasteiger partial charge in [0.1, 0.15) is 10.6 Å². The summed E-state index contributed by atoms with van der Waals surface area (Å²) in [4.78, 5) is 0.0121. The highest BCUT2D eigenvalue weighted by Crippen LogP contribution is 2.34. The Bertz CT molecular complexity index is 582. The summed E-state index contributed by atoms with van der Waals surface area (Å²) in [5.41, 5.74) is 0.741. The van der Waals surface area contributed by atoms with Gasteiger partial charge in [0.05, 0.1) is 6.61 Å². The van der Waals surface area contributed by atoms with E-state index in [-0.39, 0.29) is 4.90 Å². The molecular weight excluding hydrogens is 368 g/mol. The molecule has 1 aliphatic rings. The molecule has 1 saturated heterocycles. The molecule has 0 radical (unpaired) electrons. The molecule has 1 fully saturated rings. The molecule has 1 aromatic carbocycles. The summed E-state index contributed by atoms with van der Waals surface area (Å²) >= 11 is 3.27. The van der Waals surface area contributed by atoms with Crippen molar-refractivity contribution in [2.45, 2.75) is 24.7 Å². The number of ether oxygens (including phenoxy) is 2. The maximum Gasteiger partial charge on any atom is 0.265 e. The fraction of sp³-hybridized carbons (Fsp3) is 0.538. The Morgan fingerprint density at radius 1 is 1.40 bits per heavy atom. The molecule has 0 aliphatic carbocycles. The fourth-order valence-corrected chi connectivity index (χ4v) is 3.96. The van der Waals surface area contributed by atoms with E-state index in [1.807, 2.05) is 6.07 Å². The third-order valence-corrected chi connectivity index (χ3v) is 5.06. The van der Waals surface area contributed by atoms with Crippen LogP contribution in [0, 0.1) is 12.8 Å². The number of halogens is 2. The summed E-state index contributed by atoms with van der Waals surface area (Å²) < 4.78 is 35.0. The van der Waals surface area contributed by atoms with E-state index in [9.17, 15) is 8.42 Å². The Balaban J connectivity index is 2.21. The fourth-order valence-electron chi connectivity index (χ4n) is 2.18. The van der Waals surface area contributed by atoms with Gasteiger partial charge >= 0.3 is 0 Å². The van der Waals surface area contributed by atoms with Crippen molar-refractivity contribution in [3.8, 4) is 5.75 Å². The molecule has 1 aromatic rings. The second kappa shape index (κ2) is 6.64. The Kier molecular flexibility index (Phi) is 5.34. The Labute approximate surface area is 132 Å². The maximum atomic E-state index is 11.7. The monoisotopic (exact) mass is 382 g/mol. The van der Waals surface area contributed by atoms with E-state index in [1.54, 1.807) is 6.92 Å². The molecule has 0 aromatic heterocycles. The average molecular weight is 384 g/mol. The van der Waals surface area contributed by atoms with Crippen molar-refractivity contribution in [1.82, 2.24) is 0 Å². The summed E-state index contributed by atoms with van der Waals surface area (Å²) in [5.74, 6) is 0.729. The SMILES string of the molecule is Cc1cc(Br)cc(S(=O)(=O)Cl)c1OCC1CCOCC1. The minimum absolute atomic E-state index is 0.0121. The van der Waals surface area contributed by atoms with Crippen LogP contribution in [0.15, 0.2) is 21.5 Å². The van der Waals surface area contributed by atoms with Crippen molar-refractivity contribution in [1.29, 1.82) is 0 Å². The first-order valence-corrected chi connectivity index (χ1v) is 9.43. The number of benzene rings is 1. The lowest BCUT2D eigenvalue weighted by molar-refractivity contribution is 0.0492. The molecule has 4 nitrogen and oxygen atoms in total. The molecule has 7 heteroatoms. The Hall–Kier alpha value is -0.300. The van der Waals surface area contributed by atoms with Gasteiger partial charge in [0.2, 0.25) is 0 Å². The van der Waals surface area contributed by atoms with Gasteiger partial charge < -0.3 is 9.47 Å². The van der Waals surface area contributed by atoms with Crippen LogP contribution in [0.25, 0.3) is 0 Å². The lowest BCUT2D eigenvalue weighted by Gasteiger charge is -2.23. The molecule has 1 aliphatic heterocycles. The molecule has 0 N–H and O–H groups in total. The number of rotatable bonds is 4. The van der Waals surface area contributed by atoms with Gasteiger partial charge in [-0.15, -0.1) is 0 Å². The number of hydrogen-bond acceptors (Lipinski definition) is 4. The standard InChI is InChI=1S/C13H16BrClO4S/c1-9-6-11(14)7-12(20(15,16)17)13(9)19-8-10-2-4-18-5-3-10/h6-7,10H,2-5,8H2,1H3. The van der Waals surface area contributed by atoms with Crippen molar-refractivity contribution in [2.24, 2.45) is 5.92 Å². The van der Waals surface area contributed by atoms with E-state index in [0.29, 0.717) is 22.7 Å². The van der Waals surface area contributed by atoms with Crippen LogP contribution < -0.4 is 4.74 Å². The van der Waals surface area contributed by atoms with Gasteiger partial charge in [-0.1, -0.05) is 15.9 Å². The largest absolute Gasteiger partial charge is 0.492 e. The third-order valence-electron chi connectivity index (χ3n) is 3.27. The van der Waals surface area contributed by atoms with E-state index >= 15 is 0 Å². The Morgan fingerprint density at radius 3 is 2.65 bits per heavy atom. The highest BCUT2D eigenvalue weighted by Gasteiger charge is 2.22. The zero-order chi connectivity index (χ0) is 14.8. The zero-order valence-corrected chi connectivity index (χ0v) is 14.2. The van der Waals surface area contributed by atoms with Gasteiger partial charge in [0, 0.05) is 28.4 Å². The average Bonchev–Trinajstić information content (AvgIpc) is 2.37. The number of hydrogen-bond donors (Lipinski definition) is 0. The summed E-state index contributed by atoms with van der Waals surface area (Å²) in [7, 11) is 1.64. The molecular formula is C13H16BrClO4S. The van der Waals surface area contributed by atoms with Gasteiger partial charge in [-0.25, -0.2) is 8.42 Å². The summed E-state index contributed by atoms with van der Waals surface area (Å²) in [6.07, 6.45) is 1.86. The van der Waals surface area contributed by atoms with Crippen LogP contribution >= 0.6 is 26.6 Å². The van der Waals surface area contributed by atoms with Gasteiger partial charge in [0.15, 0.2) is 0 Å². The molecule has 0 unspecified atom stereocenters. The van der Waals surface area contributed by atoms with Gasteiger partial charge in [-0.3, -0.25) is 0 Å². The number of aryl methyl sites for hydroxylation is 1. The van der Waals surface area contributed by atoms with Crippen LogP contribution in [0.2, 0.25) is 0 Å². The molecule has 112 valence electrons. The zero-order valence-electron chi connectivity index (χ0n) is 11.1. The predicted octanol–water partition coefficient (Wildman–Crippen LogP) is 3.49. The van der Waals surface area contributed by atoms with Gasteiger partial charge in [0.25, 0.3) is 9.05 Å². The molecule has 0 amide bonds. The van der Waals surface area contributed by atoms with Gasteiger partial charge in [-0.2, -0.15) is 0 Å². The maximum absolute atomic E-state index is 11.7. The molecule has 1 heterocycles. The highest BCUT2D eigenvalue weighted by molar-refractivity contribution is 9.10. The third kappa shape index (κ3) is 4.10. The van der Waals surface area contributed by atoms with Crippen molar-refractivity contribution >= 4 is 35.7 Å². The van der Waals surface area contributed by atoms with E-state index in [0.717, 1.165) is 31.6 Å². The second-order valence-electron chi connectivity index (χ2n) is 4.85. The van der Waals surface area contributed by atoms with E-state index < -0.39 is 9.05 Å². The lowest BCUT2D eigenvalue weighted by atomic mass is 10.0. The Morgan fingerprint density at radius 2 is 2.05 bits per heavy atom. The van der Waals surface area contributed by atoms with Crippen LogP contribution in [-0.4, -0.2) is 28.2 Å². The molecule has 2 rings (SSSR count). The highest BCUT2D eigenvalue weighted by atomic mass is 79.9.